The van der Waals surface area contributed by atoms with Crippen molar-refractivity contribution < 1.29 is 9.21 Å². The molecule has 5 nitrogen and oxygen atoms in total. The van der Waals surface area contributed by atoms with Crippen LogP contribution in [-0.2, 0) is 0 Å². The summed E-state index contributed by atoms with van der Waals surface area (Å²) in [7, 11) is 0. The highest BCUT2D eigenvalue weighted by molar-refractivity contribution is 5.97. The third-order valence-electron chi connectivity index (χ3n) is 4.27. The molecule has 3 atom stereocenters. The Balaban J connectivity index is 1.53. The molecule has 2 aromatic rings. The molecule has 19 heavy (non-hydrogen) atoms. The van der Waals surface area contributed by atoms with Crippen molar-refractivity contribution in [3.05, 3.63) is 30.2 Å². The number of hydrogen-bond acceptors (Lipinski definition) is 4. The standard InChI is InChI=1S/C14H15N3O2/c18-14(17-12-5-10-3-9(12)6-15-10)8-1-2-11-13(4-8)19-7-16-11/h1-2,4,7,9-10,12,15H,3,5-6H2,(H,17,18). The average Bonchev–Trinajstić information content (AvgIpc) is 3.13. The third-order valence-corrected chi connectivity index (χ3v) is 4.27. The van der Waals surface area contributed by atoms with Crippen molar-refractivity contribution in [3.8, 4) is 0 Å². The molecule has 4 rings (SSSR count). The van der Waals surface area contributed by atoms with Gasteiger partial charge in [-0.1, -0.05) is 0 Å². The van der Waals surface area contributed by atoms with Crippen LogP contribution in [0.15, 0.2) is 29.0 Å². The van der Waals surface area contributed by atoms with Crippen molar-refractivity contribution in [2.45, 2.75) is 24.9 Å². The molecule has 98 valence electrons. The Morgan fingerprint density at radius 1 is 1.42 bits per heavy atom. The summed E-state index contributed by atoms with van der Waals surface area (Å²) in [5.41, 5.74) is 2.07. The smallest absolute Gasteiger partial charge is 0.251 e. The molecular formula is C14H15N3O2. The van der Waals surface area contributed by atoms with E-state index in [1.165, 1.54) is 12.8 Å². The molecule has 0 spiro atoms. The second kappa shape index (κ2) is 4.06. The summed E-state index contributed by atoms with van der Waals surface area (Å²) in [6, 6.07) is 6.27. The van der Waals surface area contributed by atoms with E-state index < -0.39 is 0 Å². The van der Waals surface area contributed by atoms with Crippen LogP contribution in [0, 0.1) is 5.92 Å². The van der Waals surface area contributed by atoms with E-state index in [9.17, 15) is 4.79 Å². The Bertz CT molecular complexity index is 636. The molecule has 3 unspecified atom stereocenters. The second-order valence-electron chi connectivity index (χ2n) is 5.45. The number of amides is 1. The Morgan fingerprint density at radius 2 is 2.37 bits per heavy atom. The fraction of sp³-hybridized carbons (Fsp3) is 0.429. The SMILES string of the molecule is O=C(NC1CC2CC1CN2)c1ccc2ncoc2c1. The molecule has 2 bridgehead atoms. The number of aromatic nitrogens is 1. The number of hydrogen-bond donors (Lipinski definition) is 2. The maximum atomic E-state index is 12.2. The second-order valence-corrected chi connectivity index (χ2v) is 5.45. The van der Waals surface area contributed by atoms with E-state index in [1.807, 2.05) is 6.07 Å². The maximum absolute atomic E-state index is 12.2. The number of piperidine rings is 1. The minimum Gasteiger partial charge on any atom is -0.443 e. The van der Waals surface area contributed by atoms with Gasteiger partial charge in [0, 0.05) is 24.2 Å². The summed E-state index contributed by atoms with van der Waals surface area (Å²) < 4.78 is 5.23. The number of benzene rings is 1. The Kier molecular flexibility index (Phi) is 2.35. The fourth-order valence-electron chi connectivity index (χ4n) is 3.26. The van der Waals surface area contributed by atoms with Gasteiger partial charge in [0.25, 0.3) is 5.91 Å². The molecule has 5 heteroatoms. The van der Waals surface area contributed by atoms with Gasteiger partial charge in [-0.3, -0.25) is 4.79 Å². The Morgan fingerprint density at radius 3 is 3.16 bits per heavy atom. The number of nitrogens with one attached hydrogen (secondary N) is 2. The summed E-state index contributed by atoms with van der Waals surface area (Å²) in [5, 5.41) is 6.59. The van der Waals surface area contributed by atoms with Gasteiger partial charge >= 0.3 is 0 Å². The summed E-state index contributed by atoms with van der Waals surface area (Å²) >= 11 is 0. The molecule has 2 aliphatic rings. The van der Waals surface area contributed by atoms with Crippen LogP contribution in [0.4, 0.5) is 0 Å². The van der Waals surface area contributed by atoms with Gasteiger partial charge in [0.1, 0.15) is 5.52 Å². The van der Waals surface area contributed by atoms with Crippen molar-refractivity contribution in [3.63, 3.8) is 0 Å². The van der Waals surface area contributed by atoms with E-state index in [1.54, 1.807) is 12.1 Å². The van der Waals surface area contributed by atoms with Gasteiger partial charge in [-0.25, -0.2) is 4.98 Å². The van der Waals surface area contributed by atoms with Crippen molar-refractivity contribution in [2.24, 2.45) is 5.92 Å². The quantitative estimate of drug-likeness (QED) is 0.851. The summed E-state index contributed by atoms with van der Waals surface area (Å²) in [6.07, 6.45) is 3.63. The van der Waals surface area contributed by atoms with Crippen molar-refractivity contribution >= 4 is 17.0 Å². The monoisotopic (exact) mass is 257 g/mol. The van der Waals surface area contributed by atoms with Crippen LogP contribution in [0.5, 0.6) is 0 Å². The lowest BCUT2D eigenvalue weighted by Crippen LogP contribution is -2.44. The first kappa shape index (κ1) is 11.0. The van der Waals surface area contributed by atoms with Crippen LogP contribution < -0.4 is 10.6 Å². The van der Waals surface area contributed by atoms with E-state index in [4.69, 9.17) is 4.42 Å². The Labute approximate surface area is 110 Å². The van der Waals surface area contributed by atoms with Gasteiger partial charge in [0.05, 0.1) is 0 Å². The number of nitrogens with zero attached hydrogens (tertiary/aromatic N) is 1. The van der Waals surface area contributed by atoms with E-state index in [0.717, 1.165) is 18.5 Å². The zero-order valence-electron chi connectivity index (χ0n) is 10.4. The lowest BCUT2D eigenvalue weighted by molar-refractivity contribution is 0.0925. The van der Waals surface area contributed by atoms with Gasteiger partial charge in [0.2, 0.25) is 0 Å². The molecular weight excluding hydrogens is 242 g/mol. The minimum atomic E-state index is -0.0177. The number of oxazole rings is 1. The molecule has 1 aromatic carbocycles. The van der Waals surface area contributed by atoms with Crippen LogP contribution in [0.1, 0.15) is 23.2 Å². The van der Waals surface area contributed by atoms with Crippen molar-refractivity contribution in [1.82, 2.24) is 15.6 Å². The van der Waals surface area contributed by atoms with Gasteiger partial charge < -0.3 is 15.1 Å². The number of carbonyl (C=O) groups excluding carboxylic acids is 1. The first-order valence-corrected chi connectivity index (χ1v) is 6.67. The minimum absolute atomic E-state index is 0.0177. The van der Waals surface area contributed by atoms with E-state index >= 15 is 0 Å². The van der Waals surface area contributed by atoms with E-state index in [0.29, 0.717) is 29.1 Å². The van der Waals surface area contributed by atoms with Crippen LogP contribution in [-0.4, -0.2) is 29.5 Å². The van der Waals surface area contributed by atoms with Gasteiger partial charge in [-0.05, 0) is 37.0 Å². The molecule has 1 aliphatic heterocycles. The lowest BCUT2D eigenvalue weighted by Gasteiger charge is -2.23. The fourth-order valence-corrected chi connectivity index (χ4v) is 3.26. The van der Waals surface area contributed by atoms with Gasteiger partial charge in [-0.15, -0.1) is 0 Å². The van der Waals surface area contributed by atoms with Crippen molar-refractivity contribution in [1.29, 1.82) is 0 Å². The van der Waals surface area contributed by atoms with Gasteiger partial charge in [0.15, 0.2) is 12.0 Å². The van der Waals surface area contributed by atoms with Crippen LogP contribution >= 0.6 is 0 Å². The third kappa shape index (κ3) is 1.81. The highest BCUT2D eigenvalue weighted by atomic mass is 16.3. The first-order chi connectivity index (χ1) is 9.29. The molecule has 1 amide bonds. The summed E-state index contributed by atoms with van der Waals surface area (Å²) in [4.78, 5) is 16.3. The lowest BCUT2D eigenvalue weighted by atomic mass is 10.0. The molecule has 1 aliphatic carbocycles. The number of fused-ring (bicyclic) bond motifs is 3. The predicted molar refractivity (Wildman–Crippen MR) is 69.8 cm³/mol. The van der Waals surface area contributed by atoms with Crippen molar-refractivity contribution in [2.75, 3.05) is 6.54 Å². The topological polar surface area (TPSA) is 67.2 Å². The zero-order valence-corrected chi connectivity index (χ0v) is 10.4. The van der Waals surface area contributed by atoms with Crippen LogP contribution in [0.3, 0.4) is 0 Å². The molecule has 2 fully saturated rings. The van der Waals surface area contributed by atoms with Gasteiger partial charge in [-0.2, -0.15) is 0 Å². The van der Waals surface area contributed by atoms with E-state index in [2.05, 4.69) is 15.6 Å². The normalized spacial score (nSPS) is 28.9. The first-order valence-electron chi connectivity index (χ1n) is 6.67. The summed E-state index contributed by atoms with van der Waals surface area (Å²) in [5.74, 6) is 0.568. The number of carbonyl (C=O) groups is 1. The average molecular weight is 257 g/mol. The van der Waals surface area contributed by atoms with E-state index in [-0.39, 0.29) is 5.91 Å². The summed E-state index contributed by atoms with van der Waals surface area (Å²) in [6.45, 7) is 1.02. The Hall–Kier alpha value is -1.88. The molecule has 0 radical (unpaired) electrons. The maximum Gasteiger partial charge on any atom is 0.251 e. The predicted octanol–water partition coefficient (Wildman–Crippen LogP) is 1.31. The van der Waals surface area contributed by atoms with Crippen LogP contribution in [0.25, 0.3) is 11.1 Å². The van der Waals surface area contributed by atoms with Crippen LogP contribution in [0.2, 0.25) is 0 Å². The highest BCUT2D eigenvalue weighted by Crippen LogP contribution is 2.31. The number of rotatable bonds is 2. The molecule has 2 N–H and O–H groups in total. The molecule has 1 aromatic heterocycles. The molecule has 2 heterocycles. The molecule has 1 saturated heterocycles. The highest BCUT2D eigenvalue weighted by Gasteiger charge is 2.40. The zero-order chi connectivity index (χ0) is 12.8. The molecule has 1 saturated carbocycles. The largest absolute Gasteiger partial charge is 0.443 e.